The van der Waals surface area contributed by atoms with Crippen LogP contribution in [0.1, 0.15) is 34.1 Å². The zero-order valence-electron chi connectivity index (χ0n) is 20.7. The molecule has 1 aliphatic rings. The number of aryl methyl sites for hydroxylation is 2. The summed E-state index contributed by atoms with van der Waals surface area (Å²) in [5.74, 6) is 0.266. The number of methoxy groups -OCH3 is 1. The minimum absolute atomic E-state index is 0.237. The van der Waals surface area contributed by atoms with Crippen LogP contribution in [0.3, 0.4) is 0 Å². The molecule has 0 saturated heterocycles. The molecule has 0 bridgehead atoms. The molecule has 0 aliphatic carbocycles. The Balaban J connectivity index is 1.53. The van der Waals surface area contributed by atoms with Crippen molar-refractivity contribution < 1.29 is 14.3 Å². The van der Waals surface area contributed by atoms with Crippen molar-refractivity contribution in [3.63, 3.8) is 0 Å². The van der Waals surface area contributed by atoms with Crippen LogP contribution < -0.4 is 15.0 Å². The minimum atomic E-state index is -1.19. The Morgan fingerprint density at radius 2 is 1.92 bits per heavy atom. The number of hydrogen-bond donors (Lipinski definition) is 1. The van der Waals surface area contributed by atoms with Crippen molar-refractivity contribution in [2.75, 3.05) is 12.0 Å². The molecular formula is C28H28N4O3S. The van der Waals surface area contributed by atoms with E-state index in [-0.39, 0.29) is 18.4 Å². The summed E-state index contributed by atoms with van der Waals surface area (Å²) in [5.41, 5.74) is 3.63. The first-order valence-corrected chi connectivity index (χ1v) is 12.6. The molecule has 0 fully saturated rings. The number of carbonyl (C=O) groups is 2. The number of thiophene rings is 1. The van der Waals surface area contributed by atoms with Crippen molar-refractivity contribution in [2.45, 2.75) is 39.4 Å². The van der Waals surface area contributed by atoms with E-state index in [1.807, 2.05) is 86.8 Å². The number of aromatic nitrogens is 2. The van der Waals surface area contributed by atoms with Crippen LogP contribution in [0.25, 0.3) is 10.6 Å². The monoisotopic (exact) mass is 500 g/mol. The Morgan fingerprint density at radius 1 is 1.14 bits per heavy atom. The highest BCUT2D eigenvalue weighted by atomic mass is 32.1. The topological polar surface area (TPSA) is 76.5 Å². The Hall–Kier alpha value is -3.91. The summed E-state index contributed by atoms with van der Waals surface area (Å²) in [6.07, 6.45) is 0. The van der Waals surface area contributed by atoms with E-state index in [4.69, 9.17) is 9.84 Å². The van der Waals surface area contributed by atoms with Gasteiger partial charge in [-0.2, -0.15) is 5.10 Å². The molecule has 2 amide bonds. The third kappa shape index (κ3) is 4.18. The zero-order chi connectivity index (χ0) is 25.4. The number of anilines is 1. The van der Waals surface area contributed by atoms with Crippen molar-refractivity contribution in [3.05, 3.63) is 88.4 Å². The van der Waals surface area contributed by atoms with Crippen molar-refractivity contribution in [2.24, 2.45) is 0 Å². The molecule has 184 valence electrons. The number of ether oxygens (including phenoxy) is 1. The number of nitrogens with one attached hydrogen (secondary N) is 1. The summed E-state index contributed by atoms with van der Waals surface area (Å²) in [6, 6.07) is 19.3. The van der Waals surface area contributed by atoms with Gasteiger partial charge >= 0.3 is 0 Å². The Labute approximate surface area is 214 Å². The predicted molar refractivity (Wildman–Crippen MR) is 142 cm³/mol. The van der Waals surface area contributed by atoms with Crippen molar-refractivity contribution >= 4 is 28.8 Å². The number of benzene rings is 2. The quantitative estimate of drug-likeness (QED) is 0.405. The van der Waals surface area contributed by atoms with Crippen LogP contribution in [-0.2, 0) is 17.9 Å². The lowest BCUT2D eigenvalue weighted by Crippen LogP contribution is -2.64. The average molecular weight is 501 g/mol. The van der Waals surface area contributed by atoms with E-state index in [0.29, 0.717) is 12.2 Å². The second-order valence-corrected chi connectivity index (χ2v) is 10.2. The Kier molecular flexibility index (Phi) is 6.14. The molecule has 1 aliphatic heterocycles. The fourth-order valence-electron chi connectivity index (χ4n) is 4.58. The molecule has 8 heteroatoms. The first-order chi connectivity index (χ1) is 17.3. The van der Waals surface area contributed by atoms with Crippen LogP contribution in [0.15, 0.2) is 66.0 Å². The van der Waals surface area contributed by atoms with Crippen molar-refractivity contribution in [1.82, 2.24) is 15.1 Å². The highest BCUT2D eigenvalue weighted by Crippen LogP contribution is 2.36. The van der Waals surface area contributed by atoms with E-state index >= 15 is 0 Å². The van der Waals surface area contributed by atoms with Crippen LogP contribution >= 0.6 is 11.3 Å². The van der Waals surface area contributed by atoms with Gasteiger partial charge in [0.2, 0.25) is 5.91 Å². The largest absolute Gasteiger partial charge is 0.497 e. The standard InChI is InChI=1S/C28H28N4O3S/c1-18-7-8-19(2)23(14-18)32-26(33)24-15-22(25-6-5-13-36-25)30-31(24)17-28(32,3)27(34)29-16-20-9-11-21(35-4)12-10-20/h5-15H,16-17H2,1-4H3,(H,29,34)/t28-/m0/s1. The van der Waals surface area contributed by atoms with Gasteiger partial charge in [0, 0.05) is 12.2 Å². The van der Waals surface area contributed by atoms with Gasteiger partial charge < -0.3 is 10.1 Å². The molecule has 7 nitrogen and oxygen atoms in total. The average Bonchev–Trinajstić information content (AvgIpc) is 3.55. The van der Waals surface area contributed by atoms with Crippen molar-refractivity contribution in [1.29, 1.82) is 0 Å². The maximum Gasteiger partial charge on any atom is 0.277 e. The number of carbonyl (C=O) groups excluding carboxylic acids is 2. The Morgan fingerprint density at radius 3 is 2.61 bits per heavy atom. The highest BCUT2D eigenvalue weighted by Gasteiger charge is 2.49. The third-order valence-corrected chi connectivity index (χ3v) is 7.53. The molecule has 0 radical (unpaired) electrons. The van der Waals surface area contributed by atoms with Crippen LogP contribution in [0.4, 0.5) is 5.69 Å². The lowest BCUT2D eigenvalue weighted by atomic mass is 9.92. The number of hydrogen-bond acceptors (Lipinski definition) is 5. The summed E-state index contributed by atoms with van der Waals surface area (Å²) in [7, 11) is 1.62. The van der Waals surface area contributed by atoms with Gasteiger partial charge in [-0.05, 0) is 73.2 Å². The highest BCUT2D eigenvalue weighted by molar-refractivity contribution is 7.13. The summed E-state index contributed by atoms with van der Waals surface area (Å²) in [4.78, 5) is 30.4. The lowest BCUT2D eigenvalue weighted by Gasteiger charge is -2.43. The number of nitrogens with zero attached hydrogens (tertiary/aromatic N) is 3. The van der Waals surface area contributed by atoms with E-state index in [2.05, 4.69) is 5.32 Å². The normalized spacial score (nSPS) is 17.1. The van der Waals surface area contributed by atoms with Crippen molar-refractivity contribution in [3.8, 4) is 16.3 Å². The molecule has 4 aromatic rings. The summed E-state index contributed by atoms with van der Waals surface area (Å²) in [6.45, 7) is 6.32. The first kappa shape index (κ1) is 23.8. The molecule has 36 heavy (non-hydrogen) atoms. The molecule has 0 spiro atoms. The van der Waals surface area contributed by atoms with Gasteiger partial charge in [-0.1, -0.05) is 30.3 Å². The van der Waals surface area contributed by atoms with E-state index in [1.54, 1.807) is 28.0 Å². The van der Waals surface area contributed by atoms with E-state index in [9.17, 15) is 9.59 Å². The smallest absolute Gasteiger partial charge is 0.277 e. The fraction of sp³-hybridized carbons (Fsp3) is 0.250. The van der Waals surface area contributed by atoms with Crippen LogP contribution in [0, 0.1) is 13.8 Å². The molecule has 0 saturated carbocycles. The van der Waals surface area contributed by atoms with Gasteiger partial charge in [0.25, 0.3) is 5.91 Å². The van der Waals surface area contributed by atoms with E-state index in [1.165, 1.54) is 0 Å². The number of fused-ring (bicyclic) bond motifs is 1. The number of amides is 2. The van der Waals surface area contributed by atoms with Crippen LogP contribution in [0.2, 0.25) is 0 Å². The van der Waals surface area contributed by atoms with Gasteiger partial charge in [-0.3, -0.25) is 19.2 Å². The molecule has 2 aromatic carbocycles. The summed E-state index contributed by atoms with van der Waals surface area (Å²) in [5, 5.41) is 9.75. The van der Waals surface area contributed by atoms with Gasteiger partial charge in [0.1, 0.15) is 22.7 Å². The predicted octanol–water partition coefficient (Wildman–Crippen LogP) is 4.97. The first-order valence-electron chi connectivity index (χ1n) is 11.7. The summed E-state index contributed by atoms with van der Waals surface area (Å²) < 4.78 is 6.90. The number of rotatable bonds is 6. The van der Waals surface area contributed by atoms with Gasteiger partial charge in [-0.15, -0.1) is 11.3 Å². The fourth-order valence-corrected chi connectivity index (χ4v) is 5.26. The third-order valence-electron chi connectivity index (χ3n) is 6.63. The molecular weight excluding hydrogens is 472 g/mol. The molecule has 1 atom stereocenters. The zero-order valence-corrected chi connectivity index (χ0v) is 21.6. The SMILES string of the molecule is COc1ccc(CNC(=O)[C@]2(C)Cn3nc(-c4cccs4)cc3C(=O)N2c2cc(C)ccc2C)cc1. The maximum atomic E-state index is 14.0. The molecule has 1 N–H and O–H groups in total. The summed E-state index contributed by atoms with van der Waals surface area (Å²) >= 11 is 1.57. The van der Waals surface area contributed by atoms with Crippen LogP contribution in [0.5, 0.6) is 5.75 Å². The molecule has 5 rings (SSSR count). The van der Waals surface area contributed by atoms with E-state index in [0.717, 1.165) is 38.7 Å². The van der Waals surface area contributed by atoms with Gasteiger partial charge in [-0.25, -0.2) is 0 Å². The van der Waals surface area contributed by atoms with Gasteiger partial charge in [0.15, 0.2) is 0 Å². The lowest BCUT2D eigenvalue weighted by molar-refractivity contribution is -0.126. The second kappa shape index (κ2) is 9.28. The Bertz CT molecular complexity index is 1430. The van der Waals surface area contributed by atoms with E-state index < -0.39 is 5.54 Å². The molecule has 3 heterocycles. The maximum absolute atomic E-state index is 14.0. The second-order valence-electron chi connectivity index (χ2n) is 9.28. The molecule has 2 aromatic heterocycles. The van der Waals surface area contributed by atoms with Crippen LogP contribution in [-0.4, -0.2) is 34.2 Å². The minimum Gasteiger partial charge on any atom is -0.497 e. The molecule has 0 unspecified atom stereocenters. The van der Waals surface area contributed by atoms with Gasteiger partial charge in [0.05, 0.1) is 18.5 Å².